The van der Waals surface area contributed by atoms with Crippen molar-refractivity contribution in [1.29, 1.82) is 0 Å². The summed E-state index contributed by atoms with van der Waals surface area (Å²) >= 11 is 0. The first-order chi connectivity index (χ1) is 10.0. The molecular formula is C17H22N2O2. The molecule has 3 rings (SSSR count). The fourth-order valence-electron chi connectivity index (χ4n) is 3.85. The monoisotopic (exact) mass is 286 g/mol. The highest BCUT2D eigenvalue weighted by atomic mass is 16.2. The molecule has 0 radical (unpaired) electrons. The summed E-state index contributed by atoms with van der Waals surface area (Å²) in [5, 5.41) is 0. The van der Waals surface area contributed by atoms with E-state index in [-0.39, 0.29) is 17.2 Å². The van der Waals surface area contributed by atoms with E-state index in [0.29, 0.717) is 24.2 Å². The highest BCUT2D eigenvalue weighted by molar-refractivity contribution is 6.17. The number of imide groups is 1. The third-order valence-electron chi connectivity index (χ3n) is 4.93. The molecule has 4 nitrogen and oxygen atoms in total. The molecule has 1 spiro atoms. The van der Waals surface area contributed by atoms with Gasteiger partial charge in [-0.25, -0.2) is 0 Å². The lowest BCUT2D eigenvalue weighted by Crippen LogP contribution is -2.49. The molecule has 2 aliphatic rings. The van der Waals surface area contributed by atoms with Crippen molar-refractivity contribution in [2.24, 2.45) is 5.41 Å². The van der Waals surface area contributed by atoms with Crippen molar-refractivity contribution < 1.29 is 9.59 Å². The van der Waals surface area contributed by atoms with Crippen molar-refractivity contribution >= 4 is 23.2 Å². The van der Waals surface area contributed by atoms with Crippen molar-refractivity contribution in [2.75, 3.05) is 10.6 Å². The average Bonchev–Trinajstić information content (AvgIpc) is 2.41. The van der Waals surface area contributed by atoms with Gasteiger partial charge in [0.2, 0.25) is 11.8 Å². The summed E-state index contributed by atoms with van der Waals surface area (Å²) in [4.78, 5) is 26.5. The number of amides is 2. The van der Waals surface area contributed by atoms with Gasteiger partial charge in [0, 0.05) is 18.5 Å². The number of benzene rings is 1. The summed E-state index contributed by atoms with van der Waals surface area (Å²) in [5.41, 5.74) is 7.89. The Morgan fingerprint density at radius 3 is 2.24 bits per heavy atom. The van der Waals surface area contributed by atoms with Gasteiger partial charge in [-0.05, 0) is 48.9 Å². The molecule has 1 aliphatic carbocycles. The summed E-state index contributed by atoms with van der Waals surface area (Å²) in [6.07, 6.45) is 6.54. The molecule has 1 aliphatic heterocycles. The fourth-order valence-corrected chi connectivity index (χ4v) is 3.85. The lowest BCUT2D eigenvalue weighted by Gasteiger charge is -2.42. The summed E-state index contributed by atoms with van der Waals surface area (Å²) in [7, 11) is 0. The van der Waals surface area contributed by atoms with Crippen molar-refractivity contribution in [3.05, 3.63) is 23.8 Å². The third kappa shape index (κ3) is 2.55. The number of nitrogens with two attached hydrogens (primary N) is 1. The van der Waals surface area contributed by atoms with Gasteiger partial charge in [-0.2, -0.15) is 0 Å². The van der Waals surface area contributed by atoms with Gasteiger partial charge in [-0.1, -0.05) is 19.3 Å². The first-order valence-electron chi connectivity index (χ1n) is 7.73. The Balaban J connectivity index is 1.88. The number of hydrogen-bond acceptors (Lipinski definition) is 3. The van der Waals surface area contributed by atoms with Crippen LogP contribution in [0.2, 0.25) is 0 Å². The van der Waals surface area contributed by atoms with Gasteiger partial charge in [0.25, 0.3) is 0 Å². The second-order valence-electron chi connectivity index (χ2n) is 6.58. The van der Waals surface area contributed by atoms with Crippen molar-refractivity contribution in [3.8, 4) is 0 Å². The number of nitrogens with zero attached hydrogens (tertiary/aromatic N) is 1. The number of nitrogen functional groups attached to an aromatic ring is 1. The van der Waals surface area contributed by atoms with E-state index in [1.807, 2.05) is 6.92 Å². The van der Waals surface area contributed by atoms with Crippen LogP contribution < -0.4 is 10.6 Å². The molecule has 0 unspecified atom stereocenters. The quantitative estimate of drug-likeness (QED) is 0.637. The number of aryl methyl sites for hydroxylation is 1. The zero-order valence-electron chi connectivity index (χ0n) is 12.5. The Morgan fingerprint density at radius 1 is 1.05 bits per heavy atom. The fraction of sp³-hybridized carbons (Fsp3) is 0.529. The minimum atomic E-state index is -0.0649. The van der Waals surface area contributed by atoms with E-state index in [1.54, 1.807) is 18.2 Å². The highest BCUT2D eigenvalue weighted by Crippen LogP contribution is 2.46. The molecule has 0 bridgehead atoms. The van der Waals surface area contributed by atoms with Crippen LogP contribution in [0, 0.1) is 12.3 Å². The zero-order valence-corrected chi connectivity index (χ0v) is 12.5. The summed E-state index contributed by atoms with van der Waals surface area (Å²) < 4.78 is 0. The predicted molar refractivity (Wildman–Crippen MR) is 82.8 cm³/mol. The molecule has 1 saturated carbocycles. The number of carbonyl (C=O) groups excluding carboxylic acids is 2. The molecule has 1 saturated heterocycles. The molecule has 4 heteroatoms. The van der Waals surface area contributed by atoms with Gasteiger partial charge in [-0.15, -0.1) is 0 Å². The standard InChI is InChI=1S/C17H22N2O2/c1-12-9-13(18)5-6-14(12)19-15(20)10-17(11-16(19)21)7-3-2-4-8-17/h5-6,9H,2-4,7-8,10-11,18H2,1H3. The molecule has 2 amide bonds. The van der Waals surface area contributed by atoms with Crippen LogP contribution in [0.15, 0.2) is 18.2 Å². The molecule has 0 aromatic heterocycles. The van der Waals surface area contributed by atoms with E-state index in [2.05, 4.69) is 0 Å². The van der Waals surface area contributed by atoms with Crippen LogP contribution in [0.3, 0.4) is 0 Å². The number of carbonyl (C=O) groups is 2. The number of rotatable bonds is 1. The van der Waals surface area contributed by atoms with Crippen molar-refractivity contribution in [2.45, 2.75) is 51.9 Å². The van der Waals surface area contributed by atoms with Crippen molar-refractivity contribution in [1.82, 2.24) is 0 Å². The van der Waals surface area contributed by atoms with Gasteiger partial charge in [0.05, 0.1) is 5.69 Å². The second-order valence-corrected chi connectivity index (χ2v) is 6.58. The Morgan fingerprint density at radius 2 is 1.67 bits per heavy atom. The topological polar surface area (TPSA) is 63.4 Å². The molecule has 1 heterocycles. The normalized spacial score (nSPS) is 21.9. The molecule has 1 aromatic carbocycles. The van der Waals surface area contributed by atoms with E-state index in [9.17, 15) is 9.59 Å². The largest absolute Gasteiger partial charge is 0.399 e. The lowest BCUT2D eigenvalue weighted by molar-refractivity contribution is -0.134. The van der Waals surface area contributed by atoms with Gasteiger partial charge in [-0.3, -0.25) is 14.5 Å². The average molecular weight is 286 g/mol. The molecule has 2 fully saturated rings. The van der Waals surface area contributed by atoms with Gasteiger partial charge < -0.3 is 5.73 Å². The van der Waals surface area contributed by atoms with Gasteiger partial charge in [0.1, 0.15) is 0 Å². The first kappa shape index (κ1) is 14.1. The van der Waals surface area contributed by atoms with Gasteiger partial charge in [0.15, 0.2) is 0 Å². The van der Waals surface area contributed by atoms with E-state index in [1.165, 1.54) is 11.3 Å². The maximum absolute atomic E-state index is 12.6. The SMILES string of the molecule is Cc1cc(N)ccc1N1C(=O)CC2(CCCCC2)CC1=O. The summed E-state index contributed by atoms with van der Waals surface area (Å²) in [6.45, 7) is 1.89. The van der Waals surface area contributed by atoms with E-state index in [4.69, 9.17) is 5.73 Å². The van der Waals surface area contributed by atoms with Crippen molar-refractivity contribution in [3.63, 3.8) is 0 Å². The van der Waals surface area contributed by atoms with Crippen LogP contribution in [0.25, 0.3) is 0 Å². The van der Waals surface area contributed by atoms with Crippen LogP contribution in [0.4, 0.5) is 11.4 Å². The summed E-state index contributed by atoms with van der Waals surface area (Å²) in [6, 6.07) is 5.33. The maximum atomic E-state index is 12.6. The van der Waals surface area contributed by atoms with Crippen LogP contribution in [0.5, 0.6) is 0 Å². The number of anilines is 2. The van der Waals surface area contributed by atoms with E-state index < -0.39 is 0 Å². The number of piperidine rings is 1. The Labute approximate surface area is 125 Å². The van der Waals surface area contributed by atoms with E-state index in [0.717, 1.165) is 31.2 Å². The smallest absolute Gasteiger partial charge is 0.234 e. The predicted octanol–water partition coefficient (Wildman–Crippen LogP) is 3.18. The molecule has 112 valence electrons. The Hall–Kier alpha value is -1.84. The van der Waals surface area contributed by atoms with Crippen LogP contribution >= 0.6 is 0 Å². The summed E-state index contributed by atoms with van der Waals surface area (Å²) in [5.74, 6) is -0.109. The molecule has 2 N–H and O–H groups in total. The lowest BCUT2D eigenvalue weighted by atomic mass is 9.67. The Kier molecular flexibility index (Phi) is 3.47. The minimum absolute atomic E-state index is 0.0546. The van der Waals surface area contributed by atoms with Crippen LogP contribution in [-0.2, 0) is 9.59 Å². The number of hydrogen-bond donors (Lipinski definition) is 1. The molecule has 21 heavy (non-hydrogen) atoms. The van der Waals surface area contributed by atoms with E-state index >= 15 is 0 Å². The molecular weight excluding hydrogens is 264 g/mol. The molecule has 1 aromatic rings. The third-order valence-corrected chi connectivity index (χ3v) is 4.93. The Bertz CT molecular complexity index is 568. The molecule has 0 atom stereocenters. The van der Waals surface area contributed by atoms with Crippen LogP contribution in [-0.4, -0.2) is 11.8 Å². The first-order valence-corrected chi connectivity index (χ1v) is 7.73. The zero-order chi connectivity index (χ0) is 15.0. The van der Waals surface area contributed by atoms with Gasteiger partial charge >= 0.3 is 0 Å². The highest BCUT2D eigenvalue weighted by Gasteiger charge is 2.44. The second kappa shape index (κ2) is 5.17. The minimum Gasteiger partial charge on any atom is -0.399 e. The maximum Gasteiger partial charge on any atom is 0.234 e. The van der Waals surface area contributed by atoms with Crippen LogP contribution in [0.1, 0.15) is 50.5 Å².